The molecule has 0 amide bonds. The third kappa shape index (κ3) is 3.40. The Kier molecular flexibility index (Phi) is 6.50. The summed E-state index contributed by atoms with van der Waals surface area (Å²) in [6, 6.07) is 0. The van der Waals surface area contributed by atoms with Gasteiger partial charge in [-0.05, 0) is 60.5 Å². The van der Waals surface area contributed by atoms with Gasteiger partial charge in [0.15, 0.2) is 17.5 Å². The Morgan fingerprint density at radius 1 is 1.29 bits per heavy atom. The molecule has 8 unspecified atom stereocenters. The van der Waals surface area contributed by atoms with Gasteiger partial charge in [0, 0.05) is 12.0 Å². The lowest BCUT2D eigenvalue weighted by Gasteiger charge is -2.49. The van der Waals surface area contributed by atoms with Gasteiger partial charge in [0.2, 0.25) is 0 Å². The molecule has 0 aromatic heterocycles. The van der Waals surface area contributed by atoms with E-state index < -0.39 is 41.7 Å². The van der Waals surface area contributed by atoms with Crippen molar-refractivity contribution < 1.29 is 29.6 Å². The summed E-state index contributed by atoms with van der Waals surface area (Å²) < 4.78 is 5.81. The Morgan fingerprint density at radius 3 is 2.65 bits per heavy atom. The first-order chi connectivity index (χ1) is 16.0. The average molecular weight is 473 g/mol. The number of aliphatic hydroxyl groups is 3. The Hall–Kier alpha value is -1.76. The lowest BCUT2D eigenvalue weighted by Crippen LogP contribution is -2.66. The van der Waals surface area contributed by atoms with Crippen molar-refractivity contribution >= 4 is 11.8 Å². The zero-order valence-corrected chi connectivity index (χ0v) is 21.1. The van der Waals surface area contributed by atoms with Crippen LogP contribution in [0.1, 0.15) is 66.7 Å². The highest BCUT2D eigenvalue weighted by molar-refractivity contribution is 5.95. The Labute approximate surface area is 202 Å². The summed E-state index contributed by atoms with van der Waals surface area (Å²) in [5.74, 6) is -1.18. The summed E-state index contributed by atoms with van der Waals surface area (Å²) in [6.45, 7) is 9.61. The van der Waals surface area contributed by atoms with Gasteiger partial charge in [0.1, 0.15) is 6.10 Å². The molecule has 3 N–H and O–H groups in total. The summed E-state index contributed by atoms with van der Waals surface area (Å²) in [5.41, 5.74) is -2.73. The molecule has 6 nitrogen and oxygen atoms in total. The summed E-state index contributed by atoms with van der Waals surface area (Å²) >= 11 is 0. The molecular formula is C28H40O6. The molecule has 0 saturated heterocycles. The van der Waals surface area contributed by atoms with Gasteiger partial charge in [-0.25, -0.2) is 4.79 Å². The highest BCUT2D eigenvalue weighted by atomic mass is 16.6. The van der Waals surface area contributed by atoms with E-state index in [1.165, 1.54) is 6.08 Å². The van der Waals surface area contributed by atoms with Crippen LogP contribution in [0.4, 0.5) is 0 Å². The number of fused-ring (bicyclic) bond motifs is 3. The second-order valence-corrected chi connectivity index (χ2v) is 11.6. The topological polar surface area (TPSA) is 104 Å². The molecular weight excluding hydrogens is 432 g/mol. The third-order valence-electron chi connectivity index (χ3n) is 9.36. The lowest BCUT2D eigenvalue weighted by atomic mass is 9.59. The van der Waals surface area contributed by atoms with E-state index in [-0.39, 0.29) is 28.6 Å². The first kappa shape index (κ1) is 25.3. The van der Waals surface area contributed by atoms with E-state index in [1.807, 2.05) is 6.92 Å². The molecule has 0 heterocycles. The quantitative estimate of drug-likeness (QED) is 0.227. The Balaban J connectivity index is 1.78. The molecule has 0 radical (unpaired) electrons. The number of unbranched alkanes of at least 4 members (excludes halogenated alkanes) is 3. The number of hydrogen-bond acceptors (Lipinski definition) is 6. The molecule has 6 heteroatoms. The largest absolute Gasteiger partial charge is 0.451 e. The SMILES string of the molecule is CCCCCC=CC(=O)OC1C(CO)=CC2C(=O)C3(C=C(C)C(O)C13O)C(C)CC1C2C1(C)C. The lowest BCUT2D eigenvalue weighted by molar-refractivity contribution is -0.202. The summed E-state index contributed by atoms with van der Waals surface area (Å²) in [6.07, 6.45) is 8.42. The van der Waals surface area contributed by atoms with Crippen molar-refractivity contribution in [3.05, 3.63) is 35.5 Å². The van der Waals surface area contributed by atoms with Crippen molar-refractivity contribution in [3.63, 3.8) is 0 Å². The van der Waals surface area contributed by atoms with E-state index in [2.05, 4.69) is 20.8 Å². The van der Waals surface area contributed by atoms with E-state index in [4.69, 9.17) is 4.74 Å². The highest BCUT2D eigenvalue weighted by Gasteiger charge is 2.76. The minimum atomic E-state index is -2.08. The molecule has 34 heavy (non-hydrogen) atoms. The van der Waals surface area contributed by atoms with Gasteiger partial charge in [-0.2, -0.15) is 0 Å². The Bertz CT molecular complexity index is 945. The number of rotatable bonds is 7. The van der Waals surface area contributed by atoms with Gasteiger partial charge < -0.3 is 20.1 Å². The summed E-state index contributed by atoms with van der Waals surface area (Å²) in [7, 11) is 0. The molecule has 2 saturated carbocycles. The number of esters is 1. The number of carbonyl (C=O) groups is 2. The second kappa shape index (κ2) is 8.72. The fourth-order valence-corrected chi connectivity index (χ4v) is 7.42. The fraction of sp³-hybridized carbons (Fsp3) is 0.714. The van der Waals surface area contributed by atoms with Crippen molar-refractivity contribution in [1.82, 2.24) is 0 Å². The van der Waals surface area contributed by atoms with Crippen LogP contribution in [-0.2, 0) is 14.3 Å². The molecule has 188 valence electrons. The van der Waals surface area contributed by atoms with Crippen molar-refractivity contribution in [2.24, 2.45) is 34.5 Å². The number of carbonyl (C=O) groups excluding carboxylic acids is 2. The molecule has 1 spiro atoms. The predicted molar refractivity (Wildman–Crippen MR) is 129 cm³/mol. The van der Waals surface area contributed by atoms with Crippen LogP contribution in [0, 0.1) is 34.5 Å². The maximum atomic E-state index is 14.3. The van der Waals surface area contributed by atoms with E-state index in [1.54, 1.807) is 25.2 Å². The van der Waals surface area contributed by atoms with Crippen LogP contribution in [-0.4, -0.2) is 51.5 Å². The molecule has 8 atom stereocenters. The van der Waals surface area contributed by atoms with E-state index in [9.17, 15) is 24.9 Å². The smallest absolute Gasteiger partial charge is 0.331 e. The number of allylic oxidation sites excluding steroid dienone is 2. The normalized spacial score (nSPS) is 42.3. The predicted octanol–water partition coefficient (Wildman–Crippen LogP) is 3.50. The average Bonchev–Trinajstić information content (AvgIpc) is 3.29. The molecule has 0 aliphatic heterocycles. The standard InChI is InChI=1S/C28H40O6/c1-6-7-8-9-10-11-21(30)34-25-18(15-29)13-19-22-20(26(22,4)5)12-17(3)27(24(19)32)14-16(2)23(31)28(25,27)33/h10-11,13-14,17,19-20,22-23,25,29,31,33H,6-9,12,15H2,1-5H3. The Morgan fingerprint density at radius 2 is 2.00 bits per heavy atom. The van der Waals surface area contributed by atoms with Crippen molar-refractivity contribution in [1.29, 1.82) is 0 Å². The summed E-state index contributed by atoms with van der Waals surface area (Å²) in [5, 5.41) is 33.9. The van der Waals surface area contributed by atoms with E-state index >= 15 is 0 Å². The van der Waals surface area contributed by atoms with Crippen LogP contribution in [0.25, 0.3) is 0 Å². The number of Topliss-reactive ketones (excluding diaryl/α,β-unsaturated/α-hetero) is 1. The van der Waals surface area contributed by atoms with Crippen molar-refractivity contribution in [2.75, 3.05) is 6.61 Å². The zero-order valence-electron chi connectivity index (χ0n) is 21.1. The first-order valence-electron chi connectivity index (χ1n) is 12.8. The van der Waals surface area contributed by atoms with Crippen LogP contribution in [0.3, 0.4) is 0 Å². The van der Waals surface area contributed by atoms with Crippen LogP contribution >= 0.6 is 0 Å². The molecule has 2 bridgehead atoms. The van der Waals surface area contributed by atoms with E-state index in [0.717, 1.165) is 32.1 Å². The highest BCUT2D eigenvalue weighted by Crippen LogP contribution is 2.71. The van der Waals surface area contributed by atoms with E-state index in [0.29, 0.717) is 11.5 Å². The van der Waals surface area contributed by atoms with Crippen LogP contribution in [0.15, 0.2) is 35.5 Å². The maximum Gasteiger partial charge on any atom is 0.331 e. The van der Waals surface area contributed by atoms with Crippen LogP contribution in [0.2, 0.25) is 0 Å². The van der Waals surface area contributed by atoms with Crippen molar-refractivity contribution in [3.8, 4) is 0 Å². The molecule has 0 aromatic carbocycles. The minimum Gasteiger partial charge on any atom is -0.451 e. The van der Waals surface area contributed by atoms with Crippen LogP contribution < -0.4 is 0 Å². The molecule has 4 aliphatic rings. The fourth-order valence-electron chi connectivity index (χ4n) is 7.42. The number of ketones is 1. The molecule has 4 rings (SSSR count). The maximum absolute atomic E-state index is 14.3. The van der Waals surface area contributed by atoms with Gasteiger partial charge in [-0.1, -0.05) is 58.8 Å². The monoisotopic (exact) mass is 472 g/mol. The first-order valence-corrected chi connectivity index (χ1v) is 12.8. The van der Waals surface area contributed by atoms with Gasteiger partial charge in [0.25, 0.3) is 0 Å². The molecule has 2 fully saturated rings. The van der Waals surface area contributed by atoms with Gasteiger partial charge in [-0.15, -0.1) is 0 Å². The summed E-state index contributed by atoms with van der Waals surface area (Å²) in [4.78, 5) is 27.1. The molecule has 4 aliphatic carbocycles. The van der Waals surface area contributed by atoms with Gasteiger partial charge in [0.05, 0.1) is 12.0 Å². The van der Waals surface area contributed by atoms with Crippen molar-refractivity contribution in [2.45, 2.75) is 84.5 Å². The zero-order chi connectivity index (χ0) is 25.1. The minimum absolute atomic E-state index is 0.0287. The second-order valence-electron chi connectivity index (χ2n) is 11.6. The van der Waals surface area contributed by atoms with Gasteiger partial charge in [-0.3, -0.25) is 4.79 Å². The number of aliphatic hydroxyl groups excluding tert-OH is 2. The van der Waals surface area contributed by atoms with Gasteiger partial charge >= 0.3 is 5.97 Å². The number of hydrogen-bond donors (Lipinski definition) is 3. The van der Waals surface area contributed by atoms with Crippen LogP contribution in [0.5, 0.6) is 0 Å². The number of ether oxygens (including phenoxy) is 1. The third-order valence-corrected chi connectivity index (χ3v) is 9.36. The molecule has 0 aromatic rings.